The molecular formula is C22H24FN3OS. The molecule has 0 radical (unpaired) electrons. The van der Waals surface area contributed by atoms with Crippen molar-refractivity contribution in [3.05, 3.63) is 75.8 Å². The van der Waals surface area contributed by atoms with Crippen molar-refractivity contribution in [1.82, 2.24) is 14.5 Å². The molecule has 0 spiro atoms. The Kier molecular flexibility index (Phi) is 5.57. The number of rotatable bonds is 5. The van der Waals surface area contributed by atoms with Crippen LogP contribution in [-0.2, 0) is 13.0 Å². The molecule has 1 saturated heterocycles. The topological polar surface area (TPSA) is 38.1 Å². The van der Waals surface area contributed by atoms with E-state index in [-0.39, 0.29) is 11.7 Å². The first-order chi connectivity index (χ1) is 13.6. The van der Waals surface area contributed by atoms with E-state index in [1.54, 1.807) is 0 Å². The normalized spacial score (nSPS) is 15.1. The van der Waals surface area contributed by atoms with Crippen molar-refractivity contribution in [1.29, 1.82) is 0 Å². The standard InChI is InChI=1S/C22H24FN3OS/c1-16-14-24-21(26(16)15-18-4-6-19(23)7-5-18)13-17-8-10-25(11-9-17)22(27)20-3-2-12-28-20/h2-7,12,14,17H,8-11,13,15H2,1H3. The van der Waals surface area contributed by atoms with Gasteiger partial charge < -0.3 is 9.47 Å². The smallest absolute Gasteiger partial charge is 0.263 e. The van der Waals surface area contributed by atoms with E-state index in [4.69, 9.17) is 0 Å². The van der Waals surface area contributed by atoms with Crippen molar-refractivity contribution < 1.29 is 9.18 Å². The molecule has 0 bridgehead atoms. The number of thiophene rings is 1. The highest BCUT2D eigenvalue weighted by atomic mass is 32.1. The maximum Gasteiger partial charge on any atom is 0.263 e. The lowest BCUT2D eigenvalue weighted by Gasteiger charge is -2.31. The number of amides is 1. The van der Waals surface area contributed by atoms with Gasteiger partial charge in [-0.05, 0) is 54.8 Å². The monoisotopic (exact) mass is 397 g/mol. The molecule has 2 aromatic heterocycles. The van der Waals surface area contributed by atoms with Crippen molar-refractivity contribution in [3.8, 4) is 0 Å². The van der Waals surface area contributed by atoms with Gasteiger partial charge in [0.25, 0.3) is 5.91 Å². The Bertz CT molecular complexity index is 925. The number of aromatic nitrogens is 2. The van der Waals surface area contributed by atoms with Crippen molar-refractivity contribution in [2.24, 2.45) is 5.92 Å². The lowest BCUT2D eigenvalue weighted by Crippen LogP contribution is -2.38. The molecule has 0 saturated carbocycles. The molecule has 3 heterocycles. The number of hydrogen-bond acceptors (Lipinski definition) is 3. The van der Waals surface area contributed by atoms with Crippen LogP contribution in [0.2, 0.25) is 0 Å². The number of imidazole rings is 1. The van der Waals surface area contributed by atoms with Crippen LogP contribution in [0.3, 0.4) is 0 Å². The second kappa shape index (κ2) is 8.27. The summed E-state index contributed by atoms with van der Waals surface area (Å²) in [6.45, 7) is 4.37. The fraction of sp³-hybridized carbons (Fsp3) is 0.364. The molecule has 4 nitrogen and oxygen atoms in total. The minimum absolute atomic E-state index is 0.155. The Balaban J connectivity index is 1.38. The minimum Gasteiger partial charge on any atom is -0.338 e. The van der Waals surface area contributed by atoms with Gasteiger partial charge in [-0.3, -0.25) is 4.79 Å². The SMILES string of the molecule is Cc1cnc(CC2CCN(C(=O)c3cccs3)CC2)n1Cc1ccc(F)cc1. The summed E-state index contributed by atoms with van der Waals surface area (Å²) in [5.41, 5.74) is 2.18. The zero-order valence-electron chi connectivity index (χ0n) is 16.0. The number of likely N-dealkylation sites (tertiary alicyclic amines) is 1. The molecule has 3 aromatic rings. The van der Waals surface area contributed by atoms with E-state index in [0.717, 1.165) is 54.3 Å². The summed E-state index contributed by atoms with van der Waals surface area (Å²) < 4.78 is 15.4. The molecule has 0 aliphatic carbocycles. The molecule has 1 aromatic carbocycles. The van der Waals surface area contributed by atoms with Crippen LogP contribution in [0.15, 0.2) is 48.0 Å². The van der Waals surface area contributed by atoms with Gasteiger partial charge in [0.1, 0.15) is 11.6 Å². The van der Waals surface area contributed by atoms with Crippen molar-refractivity contribution >= 4 is 17.2 Å². The summed E-state index contributed by atoms with van der Waals surface area (Å²) in [4.78, 5) is 19.9. The van der Waals surface area contributed by atoms with Gasteiger partial charge in [0.05, 0.1) is 4.88 Å². The van der Waals surface area contributed by atoms with Crippen LogP contribution in [0.1, 0.15) is 39.6 Å². The summed E-state index contributed by atoms with van der Waals surface area (Å²) in [6.07, 6.45) is 4.82. The number of piperidine rings is 1. The van der Waals surface area contributed by atoms with Gasteiger partial charge in [-0.25, -0.2) is 9.37 Å². The number of halogens is 1. The van der Waals surface area contributed by atoms with Crippen LogP contribution in [0.4, 0.5) is 4.39 Å². The zero-order valence-corrected chi connectivity index (χ0v) is 16.8. The van der Waals surface area contributed by atoms with Gasteiger partial charge in [-0.15, -0.1) is 11.3 Å². The molecule has 1 aliphatic heterocycles. The lowest BCUT2D eigenvalue weighted by atomic mass is 9.93. The molecule has 6 heteroatoms. The first-order valence-corrected chi connectivity index (χ1v) is 10.6. The molecule has 0 unspecified atom stereocenters. The van der Waals surface area contributed by atoms with Crippen LogP contribution >= 0.6 is 11.3 Å². The van der Waals surface area contributed by atoms with Gasteiger partial charge >= 0.3 is 0 Å². The molecule has 28 heavy (non-hydrogen) atoms. The summed E-state index contributed by atoms with van der Waals surface area (Å²) in [5, 5.41) is 1.95. The maximum atomic E-state index is 13.2. The largest absolute Gasteiger partial charge is 0.338 e. The second-order valence-electron chi connectivity index (χ2n) is 7.45. The maximum absolute atomic E-state index is 13.2. The highest BCUT2D eigenvalue weighted by Crippen LogP contribution is 2.24. The molecule has 0 atom stereocenters. The fourth-order valence-corrected chi connectivity index (χ4v) is 4.51. The minimum atomic E-state index is -0.213. The predicted molar refractivity (Wildman–Crippen MR) is 109 cm³/mol. The van der Waals surface area contributed by atoms with Crippen LogP contribution in [-0.4, -0.2) is 33.4 Å². The number of carbonyl (C=O) groups excluding carboxylic acids is 1. The van der Waals surface area contributed by atoms with E-state index in [9.17, 15) is 9.18 Å². The highest BCUT2D eigenvalue weighted by molar-refractivity contribution is 7.12. The van der Waals surface area contributed by atoms with Crippen molar-refractivity contribution in [3.63, 3.8) is 0 Å². The highest BCUT2D eigenvalue weighted by Gasteiger charge is 2.25. The molecule has 0 N–H and O–H groups in total. The summed E-state index contributed by atoms with van der Waals surface area (Å²) >= 11 is 1.51. The summed E-state index contributed by atoms with van der Waals surface area (Å²) in [6, 6.07) is 10.5. The second-order valence-corrected chi connectivity index (χ2v) is 8.39. The summed E-state index contributed by atoms with van der Waals surface area (Å²) in [5.74, 6) is 1.54. The van der Waals surface area contributed by atoms with E-state index in [1.165, 1.54) is 23.5 Å². The number of aryl methyl sites for hydroxylation is 1. The van der Waals surface area contributed by atoms with E-state index >= 15 is 0 Å². The molecule has 1 amide bonds. The zero-order chi connectivity index (χ0) is 19.5. The fourth-order valence-electron chi connectivity index (χ4n) is 3.82. The Labute approximate surface area is 168 Å². The van der Waals surface area contributed by atoms with E-state index in [2.05, 4.69) is 16.5 Å². The summed E-state index contributed by atoms with van der Waals surface area (Å²) in [7, 11) is 0. The number of nitrogens with zero attached hydrogens (tertiary/aromatic N) is 3. The molecule has 1 fully saturated rings. The third-order valence-electron chi connectivity index (χ3n) is 5.50. The van der Waals surface area contributed by atoms with E-state index < -0.39 is 0 Å². The first-order valence-electron chi connectivity index (χ1n) is 9.68. The van der Waals surface area contributed by atoms with Crippen LogP contribution in [0, 0.1) is 18.7 Å². The molecule has 1 aliphatic rings. The predicted octanol–water partition coefficient (Wildman–Crippen LogP) is 4.54. The van der Waals surface area contributed by atoms with Crippen LogP contribution in [0.25, 0.3) is 0 Å². The third-order valence-corrected chi connectivity index (χ3v) is 6.35. The van der Waals surface area contributed by atoms with Gasteiger partial charge in [0, 0.05) is 37.9 Å². The van der Waals surface area contributed by atoms with Crippen molar-refractivity contribution in [2.75, 3.05) is 13.1 Å². The van der Waals surface area contributed by atoms with Crippen LogP contribution < -0.4 is 0 Å². The van der Waals surface area contributed by atoms with Gasteiger partial charge in [0.2, 0.25) is 0 Å². The van der Waals surface area contributed by atoms with E-state index in [0.29, 0.717) is 12.5 Å². The quantitative estimate of drug-likeness (QED) is 0.634. The lowest BCUT2D eigenvalue weighted by molar-refractivity contribution is 0.0694. The Hall–Kier alpha value is -2.47. The van der Waals surface area contributed by atoms with Gasteiger partial charge in [0.15, 0.2) is 0 Å². The molecular weight excluding hydrogens is 373 g/mol. The molecule has 4 rings (SSSR count). The number of benzene rings is 1. The number of hydrogen-bond donors (Lipinski definition) is 0. The average Bonchev–Trinajstić information content (AvgIpc) is 3.36. The first kappa shape index (κ1) is 18.9. The van der Waals surface area contributed by atoms with Gasteiger partial charge in [-0.1, -0.05) is 18.2 Å². The Morgan fingerprint density at radius 3 is 2.64 bits per heavy atom. The third kappa shape index (κ3) is 4.17. The average molecular weight is 398 g/mol. The van der Waals surface area contributed by atoms with Gasteiger partial charge in [-0.2, -0.15) is 0 Å². The Morgan fingerprint density at radius 2 is 1.96 bits per heavy atom. The van der Waals surface area contributed by atoms with Crippen molar-refractivity contribution in [2.45, 2.75) is 32.7 Å². The van der Waals surface area contributed by atoms with Crippen LogP contribution in [0.5, 0.6) is 0 Å². The molecule has 146 valence electrons. The Morgan fingerprint density at radius 1 is 1.21 bits per heavy atom. The number of carbonyl (C=O) groups is 1. The van der Waals surface area contributed by atoms with E-state index in [1.807, 2.05) is 40.7 Å².